The lowest BCUT2D eigenvalue weighted by Gasteiger charge is -2.38. The lowest BCUT2D eigenvalue weighted by Crippen LogP contribution is -2.54. The van der Waals surface area contributed by atoms with E-state index in [2.05, 4.69) is 20.8 Å². The Kier molecular flexibility index (Phi) is 7.62. The predicted octanol–water partition coefficient (Wildman–Crippen LogP) is 5.33. The van der Waals surface area contributed by atoms with E-state index in [-0.39, 0.29) is 23.0 Å². The van der Waals surface area contributed by atoms with Crippen LogP contribution in [-0.2, 0) is 14.3 Å². The average molecular weight is 449 g/mol. The molecule has 0 unspecified atom stereocenters. The Morgan fingerprint density at radius 1 is 0.848 bits per heavy atom. The van der Waals surface area contributed by atoms with Gasteiger partial charge in [0.2, 0.25) is 0 Å². The summed E-state index contributed by atoms with van der Waals surface area (Å²) in [4.78, 5) is 54.4. The number of hydrogen-bond acceptors (Lipinski definition) is 5. The van der Waals surface area contributed by atoms with Gasteiger partial charge in [-0.3, -0.25) is 14.4 Å². The van der Waals surface area contributed by atoms with Gasteiger partial charge >= 0.3 is 5.97 Å². The largest absolute Gasteiger partial charge is 0.461 e. The molecule has 0 aliphatic heterocycles. The summed E-state index contributed by atoms with van der Waals surface area (Å²) >= 11 is 0. The molecular formula is C28H32O5. The zero-order chi connectivity index (χ0) is 24.2. The van der Waals surface area contributed by atoms with Crippen molar-refractivity contribution in [1.82, 2.24) is 0 Å². The summed E-state index contributed by atoms with van der Waals surface area (Å²) in [5, 5.41) is 0. The molecule has 2 aromatic carbocycles. The number of ketones is 3. The molecule has 33 heavy (non-hydrogen) atoms. The third-order valence-electron chi connectivity index (χ3n) is 6.81. The van der Waals surface area contributed by atoms with Crippen LogP contribution in [0.4, 0.5) is 0 Å². The molecule has 0 aromatic heterocycles. The van der Waals surface area contributed by atoms with Gasteiger partial charge in [0.1, 0.15) is 6.10 Å². The molecule has 3 rings (SSSR count). The van der Waals surface area contributed by atoms with Crippen molar-refractivity contribution in [3.63, 3.8) is 0 Å². The van der Waals surface area contributed by atoms with Crippen LogP contribution < -0.4 is 0 Å². The van der Waals surface area contributed by atoms with Crippen molar-refractivity contribution in [2.24, 2.45) is 23.2 Å². The fourth-order valence-corrected chi connectivity index (χ4v) is 4.84. The number of esters is 1. The second-order valence-electron chi connectivity index (χ2n) is 9.47. The van der Waals surface area contributed by atoms with Gasteiger partial charge in [0.15, 0.2) is 17.3 Å². The molecule has 0 radical (unpaired) electrons. The maximum absolute atomic E-state index is 13.8. The molecule has 5 nitrogen and oxygen atoms in total. The van der Waals surface area contributed by atoms with E-state index >= 15 is 0 Å². The van der Waals surface area contributed by atoms with Gasteiger partial charge < -0.3 is 4.74 Å². The highest BCUT2D eigenvalue weighted by molar-refractivity contribution is 6.43. The highest BCUT2D eigenvalue weighted by atomic mass is 16.5. The van der Waals surface area contributed by atoms with Gasteiger partial charge in [-0.1, -0.05) is 87.9 Å². The molecule has 2 aromatic rings. The first-order valence-corrected chi connectivity index (χ1v) is 11.6. The molecule has 0 N–H and O–H groups in total. The standard InChI is InChI=1S/C28H32O5/c1-18(2)23-16-15-19(3)17-24(23)33-27(32)28(20(4)29,25(30)21-11-7-5-8-12-21)26(31)22-13-9-6-10-14-22/h5-14,18-19,23-24H,15-17H2,1-4H3/t19-,23+,24+/m0/s1. The van der Waals surface area contributed by atoms with Gasteiger partial charge in [0.25, 0.3) is 5.41 Å². The molecule has 0 bridgehead atoms. The second-order valence-corrected chi connectivity index (χ2v) is 9.47. The Balaban J connectivity index is 2.10. The van der Waals surface area contributed by atoms with Gasteiger partial charge in [-0.25, -0.2) is 4.79 Å². The highest BCUT2D eigenvalue weighted by Gasteiger charge is 2.59. The van der Waals surface area contributed by atoms with E-state index in [0.29, 0.717) is 12.3 Å². The number of carbonyl (C=O) groups is 4. The first-order valence-electron chi connectivity index (χ1n) is 11.6. The van der Waals surface area contributed by atoms with Crippen molar-refractivity contribution in [3.05, 3.63) is 71.8 Å². The van der Waals surface area contributed by atoms with Crippen LogP contribution in [0.2, 0.25) is 0 Å². The van der Waals surface area contributed by atoms with Gasteiger partial charge in [-0.2, -0.15) is 0 Å². The fourth-order valence-electron chi connectivity index (χ4n) is 4.84. The number of hydrogen-bond donors (Lipinski definition) is 0. The SMILES string of the molecule is CC(=O)C(C(=O)O[C@@H]1C[C@@H](C)CC[C@@H]1C(C)C)(C(=O)c1ccccc1)C(=O)c1ccccc1. The van der Waals surface area contributed by atoms with Crippen molar-refractivity contribution in [2.75, 3.05) is 0 Å². The summed E-state index contributed by atoms with van der Waals surface area (Å²) in [6.07, 6.45) is 2.11. The Morgan fingerprint density at radius 3 is 1.76 bits per heavy atom. The fraction of sp³-hybridized carbons (Fsp3) is 0.429. The molecule has 1 saturated carbocycles. The Morgan fingerprint density at radius 2 is 1.33 bits per heavy atom. The maximum Gasteiger partial charge on any atom is 0.336 e. The van der Waals surface area contributed by atoms with E-state index in [1.807, 2.05) is 0 Å². The van der Waals surface area contributed by atoms with Crippen LogP contribution in [0.3, 0.4) is 0 Å². The van der Waals surface area contributed by atoms with Crippen molar-refractivity contribution in [2.45, 2.75) is 53.1 Å². The van der Waals surface area contributed by atoms with Gasteiger partial charge in [-0.15, -0.1) is 0 Å². The summed E-state index contributed by atoms with van der Waals surface area (Å²) < 4.78 is 5.95. The Labute approximate surface area is 195 Å². The number of rotatable bonds is 8. The van der Waals surface area contributed by atoms with E-state index in [9.17, 15) is 19.2 Å². The van der Waals surface area contributed by atoms with E-state index in [1.165, 1.54) is 24.3 Å². The van der Waals surface area contributed by atoms with Crippen LogP contribution in [0.5, 0.6) is 0 Å². The zero-order valence-corrected chi connectivity index (χ0v) is 19.7. The van der Waals surface area contributed by atoms with Crippen LogP contribution in [0, 0.1) is 23.2 Å². The lowest BCUT2D eigenvalue weighted by atomic mass is 9.71. The van der Waals surface area contributed by atoms with Crippen LogP contribution in [0.15, 0.2) is 60.7 Å². The summed E-state index contributed by atoms with van der Waals surface area (Å²) in [7, 11) is 0. The molecule has 1 fully saturated rings. The summed E-state index contributed by atoms with van der Waals surface area (Å²) in [5.74, 6) is -2.88. The molecule has 0 spiro atoms. The molecule has 3 atom stereocenters. The average Bonchev–Trinajstić information content (AvgIpc) is 2.80. The smallest absolute Gasteiger partial charge is 0.336 e. The van der Waals surface area contributed by atoms with Gasteiger partial charge in [0, 0.05) is 11.1 Å². The number of Topliss-reactive ketones (excluding diaryl/α,β-unsaturated/α-hetero) is 3. The number of benzene rings is 2. The summed E-state index contributed by atoms with van der Waals surface area (Å²) in [6.45, 7) is 7.36. The molecule has 0 saturated heterocycles. The molecule has 1 aliphatic carbocycles. The minimum atomic E-state index is -2.58. The zero-order valence-electron chi connectivity index (χ0n) is 19.7. The molecule has 1 aliphatic rings. The monoisotopic (exact) mass is 448 g/mol. The minimum absolute atomic E-state index is 0.105. The number of ether oxygens (including phenoxy) is 1. The maximum atomic E-state index is 13.8. The molecule has 0 heterocycles. The molecular weight excluding hydrogens is 416 g/mol. The molecule has 174 valence electrons. The van der Waals surface area contributed by atoms with Crippen molar-refractivity contribution < 1.29 is 23.9 Å². The first kappa shape index (κ1) is 24.6. The third-order valence-corrected chi connectivity index (χ3v) is 6.81. The van der Waals surface area contributed by atoms with E-state index in [0.717, 1.165) is 19.8 Å². The van der Waals surface area contributed by atoms with Crippen molar-refractivity contribution in [3.8, 4) is 0 Å². The predicted molar refractivity (Wildman–Crippen MR) is 126 cm³/mol. The highest BCUT2D eigenvalue weighted by Crippen LogP contribution is 2.38. The van der Waals surface area contributed by atoms with Crippen molar-refractivity contribution >= 4 is 23.3 Å². The van der Waals surface area contributed by atoms with E-state index in [1.54, 1.807) is 36.4 Å². The van der Waals surface area contributed by atoms with Crippen molar-refractivity contribution in [1.29, 1.82) is 0 Å². The van der Waals surface area contributed by atoms with Crippen LogP contribution in [0.1, 0.15) is 67.7 Å². The second kappa shape index (κ2) is 10.2. The summed E-state index contributed by atoms with van der Waals surface area (Å²) in [5.41, 5.74) is -2.34. The Hall–Kier alpha value is -3.08. The molecule has 5 heteroatoms. The summed E-state index contributed by atoms with van der Waals surface area (Å²) in [6, 6.07) is 16.0. The first-order chi connectivity index (χ1) is 15.7. The lowest BCUT2D eigenvalue weighted by molar-refractivity contribution is -0.164. The van der Waals surface area contributed by atoms with E-state index < -0.39 is 34.8 Å². The van der Waals surface area contributed by atoms with Crippen LogP contribution in [0.25, 0.3) is 0 Å². The van der Waals surface area contributed by atoms with Gasteiger partial charge in [0.05, 0.1) is 0 Å². The topological polar surface area (TPSA) is 77.5 Å². The normalized spacial score (nSPS) is 20.8. The molecule has 0 amide bonds. The van der Waals surface area contributed by atoms with E-state index in [4.69, 9.17) is 4.74 Å². The Bertz CT molecular complexity index is 958. The van der Waals surface area contributed by atoms with Crippen LogP contribution >= 0.6 is 0 Å². The minimum Gasteiger partial charge on any atom is -0.461 e. The number of carbonyl (C=O) groups excluding carboxylic acids is 4. The quantitative estimate of drug-likeness (QED) is 0.310. The van der Waals surface area contributed by atoms with Crippen LogP contribution in [-0.4, -0.2) is 29.4 Å². The van der Waals surface area contributed by atoms with Gasteiger partial charge in [-0.05, 0) is 37.5 Å². The third kappa shape index (κ3) is 4.82.